The molecule has 0 radical (unpaired) electrons. The first kappa shape index (κ1) is 46.7. The third-order valence-electron chi connectivity index (χ3n) is 6.50. The van der Waals surface area contributed by atoms with E-state index >= 15 is 8.78 Å². The van der Waals surface area contributed by atoms with E-state index in [-0.39, 0.29) is 12.1 Å². The average molecular weight is 838 g/mol. The summed E-state index contributed by atoms with van der Waals surface area (Å²) < 4.78 is 377. The molecule has 1 aromatic carbocycles. The number of rotatable bonds is 15. The summed E-state index contributed by atoms with van der Waals surface area (Å²) in [5, 5.41) is -1.54. The minimum absolute atomic E-state index is 0.122. The Hall–Kier alpha value is -2.31. The van der Waals surface area contributed by atoms with Crippen LogP contribution in [0.1, 0.15) is 12.8 Å². The van der Waals surface area contributed by atoms with Crippen molar-refractivity contribution in [3.05, 3.63) is 30.3 Å². The Balaban J connectivity index is 3.72. The maximum absolute atomic E-state index is 15.0. The number of benzene rings is 1. The molecule has 0 aromatic heterocycles. The summed E-state index contributed by atoms with van der Waals surface area (Å²) in [5.41, 5.74) is 0. The van der Waals surface area contributed by atoms with Gasteiger partial charge in [0.15, 0.2) is 0 Å². The summed E-state index contributed by atoms with van der Waals surface area (Å²) in [6, 6.07) is 1.90. The Morgan fingerprint density at radius 2 is 0.588 bits per heavy atom. The summed E-state index contributed by atoms with van der Waals surface area (Å²) in [6.45, 7) is 0. The molecule has 1 rings (SSSR count). The van der Waals surface area contributed by atoms with Crippen molar-refractivity contribution in [3.8, 4) is 0 Å². The van der Waals surface area contributed by atoms with Crippen LogP contribution in [0.25, 0.3) is 0 Å². The molecule has 300 valence electrons. The third kappa shape index (κ3) is 7.19. The van der Waals surface area contributed by atoms with Gasteiger partial charge in [0.05, 0.1) is 12.8 Å². The molecule has 0 saturated carbocycles. The predicted octanol–water partition coefficient (Wildman–Crippen LogP) is 11.6. The summed E-state index contributed by atoms with van der Waals surface area (Å²) in [6.07, 6.45) is -23.8. The lowest BCUT2D eigenvalue weighted by Crippen LogP contribution is -2.70. The minimum Gasteiger partial charge on any atom is -0.242 e. The van der Waals surface area contributed by atoms with Gasteiger partial charge in [-0.25, -0.2) is 8.78 Å². The van der Waals surface area contributed by atoms with E-state index in [1.54, 1.807) is 0 Å². The van der Waals surface area contributed by atoms with Crippen molar-refractivity contribution in [2.24, 2.45) is 0 Å². The van der Waals surface area contributed by atoms with E-state index in [1.165, 1.54) is 0 Å². The third-order valence-corrected chi connectivity index (χ3v) is 8.97. The smallest absolute Gasteiger partial charge is 0.242 e. The van der Waals surface area contributed by atoms with Crippen molar-refractivity contribution in [2.45, 2.75) is 96.2 Å². The molecule has 0 bridgehead atoms. The van der Waals surface area contributed by atoms with Crippen molar-refractivity contribution in [2.75, 3.05) is 0 Å². The van der Waals surface area contributed by atoms with E-state index < -0.39 is 109 Å². The van der Waals surface area contributed by atoms with Gasteiger partial charge in [-0.05, 0) is 13.2 Å². The van der Waals surface area contributed by atoms with Crippen LogP contribution >= 0.6 is 7.92 Å². The van der Waals surface area contributed by atoms with Gasteiger partial charge in [0.25, 0.3) is 0 Å². The highest BCUT2D eigenvalue weighted by Gasteiger charge is 2.92. The Bertz CT molecular complexity index is 1240. The fraction of sp³-hybridized carbons (Fsp3) is 0.727. The van der Waals surface area contributed by atoms with Crippen LogP contribution in [0, 0.1) is 0 Å². The first-order valence-electron chi connectivity index (χ1n) is 12.0. The molecular weight excluding hydrogens is 827 g/mol. The number of alkyl halides is 28. The molecule has 2 unspecified atom stereocenters. The van der Waals surface area contributed by atoms with Crippen LogP contribution in [0.3, 0.4) is 0 Å². The van der Waals surface area contributed by atoms with Crippen LogP contribution < -0.4 is 5.30 Å². The van der Waals surface area contributed by atoms with Gasteiger partial charge < -0.3 is 0 Å². The normalized spacial score (nSPS) is 17.7. The molecular formula is C22H11F28P. The quantitative estimate of drug-likeness (QED) is 0.122. The van der Waals surface area contributed by atoms with Crippen molar-refractivity contribution < 1.29 is 123 Å². The molecule has 0 aliphatic rings. The van der Waals surface area contributed by atoms with Crippen molar-refractivity contribution >= 4 is 13.2 Å². The van der Waals surface area contributed by atoms with Gasteiger partial charge in [0.2, 0.25) is 0 Å². The highest BCUT2D eigenvalue weighted by molar-refractivity contribution is 7.66. The standard InChI is InChI=1S/C22H11F28P/c23-9(6-11(25,26)13(29,30)15(33,34)17(37,38)19(41,42)21(45,46)47)51(8-4-2-1-3-5-8)10(24)7-12(27,28)14(31,32)16(35,36)18(39,40)20(43,44)22(48,49)50/h1-5,9-10H,6-7H2. The van der Waals surface area contributed by atoms with Crippen LogP contribution in [0.4, 0.5) is 123 Å². The van der Waals surface area contributed by atoms with Gasteiger partial charge in [-0.2, -0.15) is 114 Å². The number of halogens is 28. The van der Waals surface area contributed by atoms with Gasteiger partial charge in [-0.1, -0.05) is 30.3 Å². The molecule has 0 fully saturated rings. The summed E-state index contributed by atoms with van der Waals surface area (Å²) in [5.74, 6) is -91.5. The van der Waals surface area contributed by atoms with Gasteiger partial charge in [0, 0.05) is 0 Å². The van der Waals surface area contributed by atoms with E-state index in [0.29, 0.717) is 12.1 Å². The number of hydrogen-bond donors (Lipinski definition) is 0. The van der Waals surface area contributed by atoms with Gasteiger partial charge >= 0.3 is 71.6 Å². The zero-order valence-electron chi connectivity index (χ0n) is 23.0. The van der Waals surface area contributed by atoms with E-state index in [2.05, 4.69) is 0 Å². The molecule has 0 spiro atoms. The summed E-state index contributed by atoms with van der Waals surface area (Å²) >= 11 is 0. The maximum atomic E-state index is 15.0. The monoisotopic (exact) mass is 838 g/mol. The lowest BCUT2D eigenvalue weighted by molar-refractivity contribution is -0.440. The molecule has 1 aromatic rings. The Labute approximate surface area is 263 Å². The molecule has 0 heterocycles. The summed E-state index contributed by atoms with van der Waals surface area (Å²) in [4.78, 5) is 0. The van der Waals surface area contributed by atoms with Crippen LogP contribution in [0.5, 0.6) is 0 Å². The van der Waals surface area contributed by atoms with Gasteiger partial charge in [-0.15, -0.1) is 0 Å². The Morgan fingerprint density at radius 3 is 0.824 bits per heavy atom. The zero-order chi connectivity index (χ0) is 41.3. The molecule has 0 N–H and O–H groups in total. The molecule has 0 amide bonds. The summed E-state index contributed by atoms with van der Waals surface area (Å²) in [7, 11) is -4.89. The van der Waals surface area contributed by atoms with E-state index in [4.69, 9.17) is 0 Å². The molecule has 0 nitrogen and oxygen atoms in total. The fourth-order valence-corrected chi connectivity index (χ4v) is 5.95. The van der Waals surface area contributed by atoms with Crippen molar-refractivity contribution in [1.82, 2.24) is 0 Å². The highest BCUT2D eigenvalue weighted by Crippen LogP contribution is 2.65. The van der Waals surface area contributed by atoms with Gasteiger partial charge in [-0.3, -0.25) is 0 Å². The van der Waals surface area contributed by atoms with Crippen LogP contribution in [0.2, 0.25) is 0 Å². The Morgan fingerprint density at radius 1 is 0.353 bits per heavy atom. The molecule has 0 aliphatic heterocycles. The zero-order valence-corrected chi connectivity index (χ0v) is 23.9. The second-order valence-electron chi connectivity index (χ2n) is 10.0. The van der Waals surface area contributed by atoms with Crippen LogP contribution in [-0.4, -0.2) is 83.4 Å². The second kappa shape index (κ2) is 13.2. The minimum atomic E-state index is -8.57. The first-order chi connectivity index (χ1) is 22.0. The topological polar surface area (TPSA) is 0 Å². The van der Waals surface area contributed by atoms with Crippen molar-refractivity contribution in [1.29, 1.82) is 0 Å². The molecule has 0 aliphatic carbocycles. The molecule has 2 atom stereocenters. The van der Waals surface area contributed by atoms with Gasteiger partial charge in [0.1, 0.15) is 11.8 Å². The lowest BCUT2D eigenvalue weighted by Gasteiger charge is -2.41. The largest absolute Gasteiger partial charge is 0.460 e. The lowest BCUT2D eigenvalue weighted by atomic mass is 9.93. The first-order valence-corrected chi connectivity index (χ1v) is 13.5. The predicted molar refractivity (Wildman–Crippen MR) is 114 cm³/mol. The molecule has 51 heavy (non-hydrogen) atoms. The maximum Gasteiger partial charge on any atom is 0.460 e. The van der Waals surface area contributed by atoms with E-state index in [0.717, 1.165) is 6.07 Å². The fourth-order valence-electron chi connectivity index (χ4n) is 3.58. The van der Waals surface area contributed by atoms with Crippen molar-refractivity contribution in [3.63, 3.8) is 0 Å². The second-order valence-corrected chi connectivity index (χ2v) is 12.5. The van der Waals surface area contributed by atoms with E-state index in [9.17, 15) is 114 Å². The number of hydrogen-bond acceptors (Lipinski definition) is 0. The highest BCUT2D eigenvalue weighted by atomic mass is 31.1. The Kier molecular flexibility index (Phi) is 12.1. The van der Waals surface area contributed by atoms with E-state index in [1.807, 2.05) is 0 Å². The van der Waals surface area contributed by atoms with Crippen LogP contribution in [-0.2, 0) is 0 Å². The van der Waals surface area contributed by atoms with Crippen LogP contribution in [0.15, 0.2) is 30.3 Å². The molecule has 0 saturated heterocycles. The average Bonchev–Trinajstić information content (AvgIpc) is 2.91. The molecule has 29 heteroatoms. The SMILES string of the molecule is FC(CC(F)(F)C(F)(F)C(F)(F)C(F)(F)C(F)(F)C(F)(F)F)P(c1ccccc1)C(F)CC(F)(F)C(F)(F)C(F)(F)C(F)(F)C(F)(F)C(F)(F)F.